The van der Waals surface area contributed by atoms with Crippen molar-refractivity contribution in [2.75, 3.05) is 18.2 Å². The summed E-state index contributed by atoms with van der Waals surface area (Å²) in [5.74, 6) is 0. The highest BCUT2D eigenvalue weighted by molar-refractivity contribution is 7.61. The lowest BCUT2D eigenvalue weighted by molar-refractivity contribution is 0.582. The van der Waals surface area contributed by atoms with Gasteiger partial charge in [-0.15, -0.1) is 0 Å². The maximum Gasteiger partial charge on any atom is 0.0861 e. The number of hydrogen-bond donors (Lipinski definition) is 0. The van der Waals surface area contributed by atoms with Crippen LogP contribution >= 0.6 is 7.14 Å². The lowest BCUT2D eigenvalue weighted by atomic mass is 10.1. The van der Waals surface area contributed by atoms with Crippen LogP contribution in [0.5, 0.6) is 0 Å². The van der Waals surface area contributed by atoms with E-state index < -0.39 is 7.14 Å². The molecule has 0 N–H and O–H groups in total. The fourth-order valence-corrected chi connectivity index (χ4v) is 4.38. The van der Waals surface area contributed by atoms with E-state index in [0.29, 0.717) is 6.16 Å². The standard InChI is InChI=1S/C23H26NOP/c1-18-14-19(2)16-23(15-18)24(21-8-6-5-7-9-21)22-12-10-20(11-13-22)17-26(3,4)25/h5-16H,17H2,1-4H3. The fraction of sp³-hybridized carbons (Fsp3) is 0.217. The quantitative estimate of drug-likeness (QED) is 0.460. The molecule has 0 fully saturated rings. The van der Waals surface area contributed by atoms with Crippen molar-refractivity contribution in [1.29, 1.82) is 0 Å². The molecule has 0 atom stereocenters. The Hall–Kier alpha value is -2.31. The molecule has 0 saturated carbocycles. The van der Waals surface area contributed by atoms with Crippen molar-refractivity contribution in [2.24, 2.45) is 0 Å². The summed E-state index contributed by atoms with van der Waals surface area (Å²) in [6.45, 7) is 7.94. The van der Waals surface area contributed by atoms with E-state index in [9.17, 15) is 4.57 Å². The largest absolute Gasteiger partial charge is 0.324 e. The molecule has 0 radical (unpaired) electrons. The number of aryl methyl sites for hydroxylation is 2. The van der Waals surface area contributed by atoms with Crippen molar-refractivity contribution in [1.82, 2.24) is 0 Å². The van der Waals surface area contributed by atoms with Gasteiger partial charge in [0.25, 0.3) is 0 Å². The fourth-order valence-electron chi connectivity index (χ4n) is 3.29. The molecule has 0 unspecified atom stereocenters. The van der Waals surface area contributed by atoms with Crippen molar-refractivity contribution >= 4 is 24.2 Å². The number of para-hydroxylation sites is 1. The zero-order valence-electron chi connectivity index (χ0n) is 15.9. The monoisotopic (exact) mass is 363 g/mol. The Morgan fingerprint density at radius 3 is 1.81 bits per heavy atom. The summed E-state index contributed by atoms with van der Waals surface area (Å²) < 4.78 is 12.1. The van der Waals surface area contributed by atoms with Gasteiger partial charge in [0.2, 0.25) is 0 Å². The summed E-state index contributed by atoms with van der Waals surface area (Å²) >= 11 is 0. The van der Waals surface area contributed by atoms with E-state index in [1.165, 1.54) is 11.1 Å². The number of benzene rings is 3. The first kappa shape index (κ1) is 18.5. The summed E-state index contributed by atoms with van der Waals surface area (Å²) in [5.41, 5.74) is 6.99. The molecule has 2 nitrogen and oxygen atoms in total. The van der Waals surface area contributed by atoms with E-state index in [1.807, 2.05) is 19.4 Å². The highest BCUT2D eigenvalue weighted by atomic mass is 31.2. The minimum absolute atomic E-state index is 0.641. The van der Waals surface area contributed by atoms with Crippen LogP contribution in [0.1, 0.15) is 16.7 Å². The second kappa shape index (κ2) is 7.51. The second-order valence-electron chi connectivity index (χ2n) is 7.42. The lowest BCUT2D eigenvalue weighted by Gasteiger charge is -2.26. The summed E-state index contributed by atoms with van der Waals surface area (Å²) in [6, 6.07) is 25.4. The van der Waals surface area contributed by atoms with E-state index in [0.717, 1.165) is 22.6 Å². The molecule has 0 heterocycles. The van der Waals surface area contributed by atoms with Crippen LogP contribution in [0, 0.1) is 13.8 Å². The molecule has 134 valence electrons. The van der Waals surface area contributed by atoms with Gasteiger partial charge in [-0.1, -0.05) is 36.4 Å². The Morgan fingerprint density at radius 2 is 1.27 bits per heavy atom. The first-order valence-corrected chi connectivity index (χ1v) is 11.7. The second-order valence-corrected chi connectivity index (χ2v) is 10.9. The van der Waals surface area contributed by atoms with E-state index in [1.54, 1.807) is 0 Å². The average molecular weight is 363 g/mol. The maximum absolute atomic E-state index is 12.1. The third-order valence-corrected chi connectivity index (χ3v) is 5.36. The van der Waals surface area contributed by atoms with Crippen LogP contribution in [0.3, 0.4) is 0 Å². The van der Waals surface area contributed by atoms with Crippen LogP contribution in [0.15, 0.2) is 72.8 Å². The smallest absolute Gasteiger partial charge is 0.0861 e. The van der Waals surface area contributed by atoms with Crippen molar-refractivity contribution in [2.45, 2.75) is 20.0 Å². The van der Waals surface area contributed by atoms with Gasteiger partial charge in [0.1, 0.15) is 0 Å². The zero-order chi connectivity index (χ0) is 18.7. The average Bonchev–Trinajstić information content (AvgIpc) is 2.55. The van der Waals surface area contributed by atoms with Crippen molar-refractivity contribution < 1.29 is 4.57 Å². The van der Waals surface area contributed by atoms with Crippen LogP contribution in [0.4, 0.5) is 17.1 Å². The summed E-state index contributed by atoms with van der Waals surface area (Å²) in [7, 11) is -2.07. The molecule has 0 spiro atoms. The van der Waals surface area contributed by atoms with Crippen LogP contribution < -0.4 is 4.90 Å². The van der Waals surface area contributed by atoms with Gasteiger partial charge in [-0.3, -0.25) is 0 Å². The number of nitrogens with zero attached hydrogens (tertiary/aromatic N) is 1. The topological polar surface area (TPSA) is 20.3 Å². The Bertz CT molecular complexity index is 906. The van der Waals surface area contributed by atoms with Crippen LogP contribution in [-0.2, 0) is 10.7 Å². The van der Waals surface area contributed by atoms with Gasteiger partial charge in [-0.05, 0) is 80.3 Å². The predicted octanol–water partition coefficient (Wildman–Crippen LogP) is 6.90. The molecule has 0 aliphatic heterocycles. The molecule has 3 rings (SSSR count). The molecular formula is C23H26NOP. The Kier molecular flexibility index (Phi) is 5.34. The van der Waals surface area contributed by atoms with Gasteiger partial charge in [-0.2, -0.15) is 0 Å². The van der Waals surface area contributed by atoms with Gasteiger partial charge < -0.3 is 9.46 Å². The lowest BCUT2D eigenvalue weighted by Crippen LogP contribution is -2.10. The summed E-state index contributed by atoms with van der Waals surface area (Å²) in [4.78, 5) is 2.27. The minimum Gasteiger partial charge on any atom is -0.324 e. The highest BCUT2D eigenvalue weighted by Gasteiger charge is 2.14. The third-order valence-electron chi connectivity index (χ3n) is 4.24. The van der Waals surface area contributed by atoms with Crippen molar-refractivity contribution in [3.05, 3.63) is 89.5 Å². The normalized spacial score (nSPS) is 11.4. The van der Waals surface area contributed by atoms with Crippen LogP contribution in [0.25, 0.3) is 0 Å². The van der Waals surface area contributed by atoms with Crippen LogP contribution in [0.2, 0.25) is 0 Å². The predicted molar refractivity (Wildman–Crippen MR) is 114 cm³/mol. The van der Waals surface area contributed by atoms with E-state index in [4.69, 9.17) is 0 Å². The van der Waals surface area contributed by atoms with Gasteiger partial charge in [0.15, 0.2) is 0 Å². The van der Waals surface area contributed by atoms with Crippen molar-refractivity contribution in [3.63, 3.8) is 0 Å². The Morgan fingerprint density at radius 1 is 0.731 bits per heavy atom. The zero-order valence-corrected chi connectivity index (χ0v) is 16.8. The molecule has 3 aromatic rings. The van der Waals surface area contributed by atoms with Gasteiger partial charge in [-0.25, -0.2) is 0 Å². The van der Waals surface area contributed by atoms with E-state index >= 15 is 0 Å². The Balaban J connectivity index is 2.05. The Labute approximate surface area is 156 Å². The molecule has 0 amide bonds. The van der Waals surface area contributed by atoms with Gasteiger partial charge in [0.05, 0.1) is 7.14 Å². The third kappa shape index (κ3) is 4.65. The molecule has 26 heavy (non-hydrogen) atoms. The summed E-state index contributed by atoms with van der Waals surface area (Å²) in [5, 5.41) is 0. The molecule has 0 aromatic heterocycles. The molecule has 3 aromatic carbocycles. The SMILES string of the molecule is Cc1cc(C)cc(N(c2ccccc2)c2ccc(CP(C)(C)=O)cc2)c1. The molecule has 3 heteroatoms. The van der Waals surface area contributed by atoms with Gasteiger partial charge in [0, 0.05) is 23.2 Å². The first-order valence-electron chi connectivity index (χ1n) is 8.88. The molecular weight excluding hydrogens is 337 g/mol. The van der Waals surface area contributed by atoms with E-state index in [2.05, 4.69) is 85.5 Å². The van der Waals surface area contributed by atoms with E-state index in [-0.39, 0.29) is 0 Å². The molecule has 0 saturated heterocycles. The number of hydrogen-bond acceptors (Lipinski definition) is 2. The minimum atomic E-state index is -2.07. The van der Waals surface area contributed by atoms with Crippen LogP contribution in [-0.4, -0.2) is 13.3 Å². The van der Waals surface area contributed by atoms with Gasteiger partial charge >= 0.3 is 0 Å². The maximum atomic E-state index is 12.1. The first-order chi connectivity index (χ1) is 12.3. The van der Waals surface area contributed by atoms with Crippen molar-refractivity contribution in [3.8, 4) is 0 Å². The highest BCUT2D eigenvalue weighted by Crippen LogP contribution is 2.41. The number of anilines is 3. The summed E-state index contributed by atoms with van der Waals surface area (Å²) in [6.07, 6.45) is 0.641. The molecule has 0 aliphatic carbocycles. The number of rotatable bonds is 5. The molecule has 0 aliphatic rings. The molecule has 0 bridgehead atoms.